The third-order valence-corrected chi connectivity index (χ3v) is 3.22. The first kappa shape index (κ1) is 12.6. The van der Waals surface area contributed by atoms with Gasteiger partial charge in [-0.25, -0.2) is 0 Å². The Morgan fingerprint density at radius 1 is 1.00 bits per heavy atom. The summed E-state index contributed by atoms with van der Waals surface area (Å²) in [5, 5.41) is 0. The van der Waals surface area contributed by atoms with Crippen LogP contribution in [0.4, 0.5) is 0 Å². The predicted octanol–water partition coefficient (Wildman–Crippen LogP) is 4.56. The van der Waals surface area contributed by atoms with Crippen LogP contribution in [0.1, 0.15) is 34.8 Å². The summed E-state index contributed by atoms with van der Waals surface area (Å²) >= 11 is 0. The van der Waals surface area contributed by atoms with E-state index in [1.54, 1.807) is 0 Å². The molecule has 2 aromatic carbocycles. The molecular formula is C17H18O. The number of carbonyl (C=O) groups excluding carboxylic acids is 1. The van der Waals surface area contributed by atoms with Gasteiger partial charge in [0.05, 0.1) is 0 Å². The lowest BCUT2D eigenvalue weighted by atomic mass is 9.97. The van der Waals surface area contributed by atoms with Gasteiger partial charge in [0.15, 0.2) is 5.78 Å². The summed E-state index contributed by atoms with van der Waals surface area (Å²) in [5.74, 6) is 0.196. The zero-order chi connectivity index (χ0) is 13.1. The molecule has 0 aliphatic carbocycles. The average molecular weight is 238 g/mol. The van der Waals surface area contributed by atoms with E-state index in [1.165, 1.54) is 22.3 Å². The van der Waals surface area contributed by atoms with Crippen molar-refractivity contribution in [1.29, 1.82) is 0 Å². The van der Waals surface area contributed by atoms with Crippen molar-refractivity contribution in [2.75, 3.05) is 0 Å². The number of hydrogen-bond donors (Lipinski definition) is 0. The summed E-state index contributed by atoms with van der Waals surface area (Å²) in [6.07, 6.45) is 0.558. The van der Waals surface area contributed by atoms with E-state index in [0.29, 0.717) is 6.42 Å². The van der Waals surface area contributed by atoms with Gasteiger partial charge in [-0.3, -0.25) is 4.79 Å². The molecular weight excluding hydrogens is 220 g/mol. The molecule has 0 aromatic heterocycles. The Kier molecular flexibility index (Phi) is 3.61. The number of Topliss-reactive ketones (excluding diaryl/α,β-unsaturated/α-hetero) is 1. The SMILES string of the molecule is CCC(=O)c1ccc(-c2ccc(C)cc2C)cc1. The molecule has 0 saturated heterocycles. The van der Waals surface area contributed by atoms with Crippen LogP contribution in [0.2, 0.25) is 0 Å². The summed E-state index contributed by atoms with van der Waals surface area (Å²) in [6, 6.07) is 14.3. The molecule has 2 rings (SSSR count). The molecule has 0 atom stereocenters. The lowest BCUT2D eigenvalue weighted by Gasteiger charge is -2.08. The number of benzene rings is 2. The standard InChI is InChI=1S/C17H18O/c1-4-17(18)15-8-6-14(7-9-15)16-10-5-12(2)11-13(16)3/h5-11H,4H2,1-3H3. The quantitative estimate of drug-likeness (QED) is 0.716. The first-order valence-corrected chi connectivity index (χ1v) is 6.32. The molecule has 18 heavy (non-hydrogen) atoms. The van der Waals surface area contributed by atoms with E-state index in [9.17, 15) is 4.79 Å². The van der Waals surface area contributed by atoms with Gasteiger partial charge in [0.1, 0.15) is 0 Å². The topological polar surface area (TPSA) is 17.1 Å². The van der Waals surface area contributed by atoms with Gasteiger partial charge >= 0.3 is 0 Å². The van der Waals surface area contributed by atoms with Crippen LogP contribution in [0, 0.1) is 13.8 Å². The zero-order valence-corrected chi connectivity index (χ0v) is 11.2. The van der Waals surface area contributed by atoms with Crippen LogP contribution >= 0.6 is 0 Å². The third kappa shape index (κ3) is 2.51. The third-order valence-electron chi connectivity index (χ3n) is 3.22. The molecule has 1 nitrogen and oxygen atoms in total. The Balaban J connectivity index is 2.37. The summed E-state index contributed by atoms with van der Waals surface area (Å²) < 4.78 is 0. The fourth-order valence-electron chi connectivity index (χ4n) is 2.18. The summed E-state index contributed by atoms with van der Waals surface area (Å²) in [5.41, 5.74) is 5.74. The summed E-state index contributed by atoms with van der Waals surface area (Å²) in [6.45, 7) is 6.10. The smallest absolute Gasteiger partial charge is 0.162 e. The van der Waals surface area contributed by atoms with Crippen molar-refractivity contribution in [1.82, 2.24) is 0 Å². The van der Waals surface area contributed by atoms with Crippen LogP contribution in [-0.2, 0) is 0 Å². The Bertz CT molecular complexity index is 565. The zero-order valence-electron chi connectivity index (χ0n) is 11.2. The van der Waals surface area contributed by atoms with Gasteiger partial charge in [0.25, 0.3) is 0 Å². The van der Waals surface area contributed by atoms with Gasteiger partial charge < -0.3 is 0 Å². The lowest BCUT2D eigenvalue weighted by Crippen LogP contribution is -1.95. The molecule has 92 valence electrons. The molecule has 0 unspecified atom stereocenters. The molecule has 0 spiro atoms. The van der Waals surface area contributed by atoms with Gasteiger partial charge in [0.2, 0.25) is 0 Å². The molecule has 0 heterocycles. The molecule has 0 fully saturated rings. The molecule has 0 saturated carbocycles. The molecule has 1 heteroatoms. The Morgan fingerprint density at radius 3 is 2.22 bits per heavy atom. The maximum absolute atomic E-state index is 11.6. The van der Waals surface area contributed by atoms with Gasteiger partial charge in [-0.2, -0.15) is 0 Å². The second-order valence-electron chi connectivity index (χ2n) is 4.67. The number of carbonyl (C=O) groups is 1. The van der Waals surface area contributed by atoms with Crippen molar-refractivity contribution in [3.05, 3.63) is 59.2 Å². The number of ketones is 1. The minimum absolute atomic E-state index is 0.196. The first-order chi connectivity index (χ1) is 8.61. The highest BCUT2D eigenvalue weighted by Crippen LogP contribution is 2.24. The van der Waals surface area contributed by atoms with Crippen molar-refractivity contribution in [3.8, 4) is 11.1 Å². The largest absolute Gasteiger partial charge is 0.294 e. The first-order valence-electron chi connectivity index (χ1n) is 6.32. The molecule has 0 radical (unpaired) electrons. The van der Waals surface area contributed by atoms with Crippen molar-refractivity contribution in [2.24, 2.45) is 0 Å². The Labute approximate surface area is 108 Å². The van der Waals surface area contributed by atoms with Crippen molar-refractivity contribution < 1.29 is 4.79 Å². The summed E-state index contributed by atoms with van der Waals surface area (Å²) in [7, 11) is 0. The van der Waals surface area contributed by atoms with Gasteiger partial charge in [-0.15, -0.1) is 0 Å². The molecule has 0 aliphatic heterocycles. The van der Waals surface area contributed by atoms with Gasteiger partial charge in [-0.05, 0) is 30.5 Å². The summed E-state index contributed by atoms with van der Waals surface area (Å²) in [4.78, 5) is 11.6. The van der Waals surface area contributed by atoms with Crippen LogP contribution in [-0.4, -0.2) is 5.78 Å². The lowest BCUT2D eigenvalue weighted by molar-refractivity contribution is 0.0988. The normalized spacial score (nSPS) is 10.4. The predicted molar refractivity (Wildman–Crippen MR) is 76.0 cm³/mol. The second kappa shape index (κ2) is 5.18. The minimum Gasteiger partial charge on any atom is -0.294 e. The van der Waals surface area contributed by atoms with Crippen molar-refractivity contribution in [3.63, 3.8) is 0 Å². The minimum atomic E-state index is 0.196. The Morgan fingerprint density at radius 2 is 1.67 bits per heavy atom. The number of aryl methyl sites for hydroxylation is 2. The molecule has 0 N–H and O–H groups in total. The van der Waals surface area contributed by atoms with Gasteiger partial charge in [0, 0.05) is 12.0 Å². The second-order valence-corrected chi connectivity index (χ2v) is 4.67. The fraction of sp³-hybridized carbons (Fsp3) is 0.235. The van der Waals surface area contributed by atoms with Crippen LogP contribution in [0.3, 0.4) is 0 Å². The number of hydrogen-bond acceptors (Lipinski definition) is 1. The van der Waals surface area contributed by atoms with E-state index in [2.05, 4.69) is 32.0 Å². The van der Waals surface area contributed by atoms with Crippen LogP contribution in [0.15, 0.2) is 42.5 Å². The Hall–Kier alpha value is -1.89. The molecule has 2 aromatic rings. The molecule has 0 aliphatic rings. The van der Waals surface area contributed by atoms with Crippen LogP contribution in [0.25, 0.3) is 11.1 Å². The van der Waals surface area contributed by atoms with Crippen molar-refractivity contribution in [2.45, 2.75) is 27.2 Å². The maximum atomic E-state index is 11.6. The van der Waals surface area contributed by atoms with E-state index >= 15 is 0 Å². The highest BCUT2D eigenvalue weighted by atomic mass is 16.1. The molecule has 0 bridgehead atoms. The fourth-order valence-corrected chi connectivity index (χ4v) is 2.18. The average Bonchev–Trinajstić information content (AvgIpc) is 2.38. The van der Waals surface area contributed by atoms with Crippen LogP contribution in [0.5, 0.6) is 0 Å². The highest BCUT2D eigenvalue weighted by Gasteiger charge is 2.05. The van der Waals surface area contributed by atoms with E-state index < -0.39 is 0 Å². The van der Waals surface area contributed by atoms with E-state index in [-0.39, 0.29) is 5.78 Å². The number of rotatable bonds is 3. The molecule has 0 amide bonds. The maximum Gasteiger partial charge on any atom is 0.162 e. The van der Waals surface area contributed by atoms with Crippen LogP contribution < -0.4 is 0 Å². The van der Waals surface area contributed by atoms with Gasteiger partial charge in [-0.1, -0.05) is 55.0 Å². The van der Waals surface area contributed by atoms with E-state index in [4.69, 9.17) is 0 Å². The van der Waals surface area contributed by atoms with E-state index in [0.717, 1.165) is 5.56 Å². The monoisotopic (exact) mass is 238 g/mol. The van der Waals surface area contributed by atoms with E-state index in [1.807, 2.05) is 31.2 Å². The highest BCUT2D eigenvalue weighted by molar-refractivity contribution is 5.96. The van der Waals surface area contributed by atoms with Crippen molar-refractivity contribution >= 4 is 5.78 Å².